The number of hydrogen-bond acceptors (Lipinski definition) is 4. The molecule has 3 aromatic rings. The molecule has 1 heterocycles. The van der Waals surface area contributed by atoms with E-state index in [4.69, 9.17) is 9.47 Å². The average molecular weight is 380 g/mol. The standard InChI is InChI=1S/C21H24N4O3/c1-27-19-9-8-16(14-20(19)28-2)10-12-22-21(26)24-18-7-4-3-6-17(18)15-25-13-5-11-23-25/h3-9,11,13-14H,10,12,15H2,1-2H3,(H2,22,24,26). The molecule has 0 aliphatic carbocycles. The minimum absolute atomic E-state index is 0.242. The van der Waals surface area contributed by atoms with Crippen molar-refractivity contribution >= 4 is 11.7 Å². The number of aromatic nitrogens is 2. The van der Waals surface area contributed by atoms with Crippen molar-refractivity contribution in [2.24, 2.45) is 0 Å². The molecule has 3 rings (SSSR count). The minimum Gasteiger partial charge on any atom is -0.493 e. The van der Waals surface area contributed by atoms with Gasteiger partial charge in [-0.1, -0.05) is 24.3 Å². The molecule has 1 aromatic heterocycles. The Morgan fingerprint density at radius 1 is 1.07 bits per heavy atom. The number of hydrogen-bond donors (Lipinski definition) is 2. The average Bonchev–Trinajstić information content (AvgIpc) is 3.22. The Hall–Kier alpha value is -3.48. The predicted molar refractivity (Wildman–Crippen MR) is 108 cm³/mol. The first-order chi connectivity index (χ1) is 13.7. The number of rotatable bonds is 8. The third-order valence-corrected chi connectivity index (χ3v) is 4.30. The number of anilines is 1. The van der Waals surface area contributed by atoms with Crippen molar-refractivity contribution < 1.29 is 14.3 Å². The van der Waals surface area contributed by atoms with Crippen LogP contribution < -0.4 is 20.1 Å². The number of carbonyl (C=O) groups excluding carboxylic acids is 1. The Bertz CT molecular complexity index is 910. The van der Waals surface area contributed by atoms with Gasteiger partial charge in [0.05, 0.1) is 20.8 Å². The van der Waals surface area contributed by atoms with E-state index in [1.165, 1.54) is 0 Å². The van der Waals surface area contributed by atoms with Crippen LogP contribution in [0.25, 0.3) is 0 Å². The van der Waals surface area contributed by atoms with Crippen LogP contribution in [0.5, 0.6) is 11.5 Å². The lowest BCUT2D eigenvalue weighted by atomic mass is 10.1. The normalized spacial score (nSPS) is 10.4. The van der Waals surface area contributed by atoms with Gasteiger partial charge in [-0.25, -0.2) is 4.79 Å². The van der Waals surface area contributed by atoms with Gasteiger partial charge in [-0.3, -0.25) is 4.68 Å². The molecule has 28 heavy (non-hydrogen) atoms. The summed E-state index contributed by atoms with van der Waals surface area (Å²) in [7, 11) is 3.21. The van der Waals surface area contributed by atoms with Crippen molar-refractivity contribution in [1.29, 1.82) is 0 Å². The summed E-state index contributed by atoms with van der Waals surface area (Å²) in [4.78, 5) is 12.3. The van der Waals surface area contributed by atoms with Gasteiger partial charge in [0.15, 0.2) is 11.5 Å². The minimum atomic E-state index is -0.242. The molecule has 0 spiro atoms. The highest BCUT2D eigenvalue weighted by atomic mass is 16.5. The molecule has 0 unspecified atom stereocenters. The third-order valence-electron chi connectivity index (χ3n) is 4.30. The number of benzene rings is 2. The molecule has 0 saturated carbocycles. The number of nitrogens with zero attached hydrogens (tertiary/aromatic N) is 2. The fourth-order valence-electron chi connectivity index (χ4n) is 2.87. The molecule has 0 bridgehead atoms. The molecule has 0 saturated heterocycles. The van der Waals surface area contributed by atoms with E-state index >= 15 is 0 Å². The van der Waals surface area contributed by atoms with Crippen LogP contribution in [0.15, 0.2) is 60.9 Å². The first-order valence-corrected chi connectivity index (χ1v) is 9.00. The number of amides is 2. The van der Waals surface area contributed by atoms with Crippen LogP contribution in [-0.2, 0) is 13.0 Å². The summed E-state index contributed by atoms with van der Waals surface area (Å²) in [5.41, 5.74) is 2.81. The zero-order chi connectivity index (χ0) is 19.8. The highest BCUT2D eigenvalue weighted by Crippen LogP contribution is 2.27. The maximum atomic E-state index is 12.3. The van der Waals surface area contributed by atoms with Gasteiger partial charge in [-0.05, 0) is 41.8 Å². The molecular formula is C21H24N4O3. The van der Waals surface area contributed by atoms with E-state index in [0.717, 1.165) is 16.8 Å². The molecule has 0 fully saturated rings. The lowest BCUT2D eigenvalue weighted by Gasteiger charge is -2.13. The summed E-state index contributed by atoms with van der Waals surface area (Å²) in [5.74, 6) is 1.36. The van der Waals surface area contributed by atoms with Crippen LogP contribution in [0.4, 0.5) is 10.5 Å². The number of nitrogens with one attached hydrogen (secondary N) is 2. The molecule has 7 nitrogen and oxygen atoms in total. The van der Waals surface area contributed by atoms with Crippen LogP contribution in [0.1, 0.15) is 11.1 Å². The number of para-hydroxylation sites is 1. The van der Waals surface area contributed by atoms with Crippen LogP contribution in [0.3, 0.4) is 0 Å². The zero-order valence-corrected chi connectivity index (χ0v) is 16.0. The van der Waals surface area contributed by atoms with E-state index < -0.39 is 0 Å². The van der Waals surface area contributed by atoms with Crippen LogP contribution in [0, 0.1) is 0 Å². The molecule has 2 aromatic carbocycles. The van der Waals surface area contributed by atoms with Gasteiger partial charge in [0.2, 0.25) is 0 Å². The predicted octanol–water partition coefficient (Wildman–Crippen LogP) is 3.31. The van der Waals surface area contributed by atoms with Crippen molar-refractivity contribution in [3.8, 4) is 11.5 Å². The van der Waals surface area contributed by atoms with Gasteiger partial charge < -0.3 is 20.1 Å². The lowest BCUT2D eigenvalue weighted by molar-refractivity contribution is 0.252. The summed E-state index contributed by atoms with van der Waals surface area (Å²) in [6, 6.07) is 15.1. The summed E-state index contributed by atoms with van der Waals surface area (Å²) >= 11 is 0. The maximum absolute atomic E-state index is 12.3. The molecule has 0 atom stereocenters. The molecule has 0 aliphatic rings. The second-order valence-corrected chi connectivity index (χ2v) is 6.18. The molecule has 0 radical (unpaired) electrons. The summed E-state index contributed by atoms with van der Waals surface area (Å²) in [6.07, 6.45) is 4.31. The van der Waals surface area contributed by atoms with Gasteiger partial charge in [-0.15, -0.1) is 0 Å². The van der Waals surface area contributed by atoms with Gasteiger partial charge in [0.1, 0.15) is 0 Å². The van der Waals surface area contributed by atoms with Gasteiger partial charge in [0.25, 0.3) is 0 Å². The fraction of sp³-hybridized carbons (Fsp3) is 0.238. The van der Waals surface area contributed by atoms with Crippen molar-refractivity contribution in [2.45, 2.75) is 13.0 Å². The number of urea groups is 1. The Morgan fingerprint density at radius 2 is 1.89 bits per heavy atom. The lowest BCUT2D eigenvalue weighted by Crippen LogP contribution is -2.30. The Morgan fingerprint density at radius 3 is 2.64 bits per heavy atom. The quantitative estimate of drug-likeness (QED) is 0.629. The first-order valence-electron chi connectivity index (χ1n) is 9.00. The van der Waals surface area contributed by atoms with Crippen molar-refractivity contribution in [1.82, 2.24) is 15.1 Å². The van der Waals surface area contributed by atoms with Gasteiger partial charge in [-0.2, -0.15) is 5.10 Å². The van der Waals surface area contributed by atoms with Gasteiger partial charge >= 0.3 is 6.03 Å². The number of carbonyl (C=O) groups is 1. The van der Waals surface area contributed by atoms with Crippen molar-refractivity contribution in [3.63, 3.8) is 0 Å². The van der Waals surface area contributed by atoms with E-state index in [1.807, 2.05) is 59.4 Å². The molecule has 0 aliphatic heterocycles. The van der Waals surface area contributed by atoms with E-state index in [2.05, 4.69) is 15.7 Å². The third kappa shape index (κ3) is 5.03. The van der Waals surface area contributed by atoms with Crippen LogP contribution >= 0.6 is 0 Å². The maximum Gasteiger partial charge on any atom is 0.319 e. The Balaban J connectivity index is 1.54. The summed E-state index contributed by atoms with van der Waals surface area (Å²) < 4.78 is 12.4. The summed E-state index contributed by atoms with van der Waals surface area (Å²) in [5, 5.41) is 10.0. The Kier molecular flexibility index (Phi) is 6.51. The highest BCUT2D eigenvalue weighted by molar-refractivity contribution is 5.90. The molecule has 7 heteroatoms. The van der Waals surface area contributed by atoms with Crippen molar-refractivity contribution in [2.75, 3.05) is 26.1 Å². The monoisotopic (exact) mass is 380 g/mol. The molecular weight excluding hydrogens is 356 g/mol. The number of methoxy groups -OCH3 is 2. The van der Waals surface area contributed by atoms with E-state index in [1.54, 1.807) is 20.4 Å². The first kappa shape index (κ1) is 19.3. The van der Waals surface area contributed by atoms with Crippen LogP contribution in [0.2, 0.25) is 0 Å². The summed E-state index contributed by atoms with van der Waals surface area (Å²) in [6.45, 7) is 1.09. The molecule has 146 valence electrons. The molecule has 2 N–H and O–H groups in total. The largest absolute Gasteiger partial charge is 0.493 e. The number of ether oxygens (including phenoxy) is 2. The second kappa shape index (κ2) is 9.45. The highest BCUT2D eigenvalue weighted by Gasteiger charge is 2.08. The SMILES string of the molecule is COc1ccc(CCNC(=O)Nc2ccccc2Cn2cccn2)cc1OC. The fourth-order valence-corrected chi connectivity index (χ4v) is 2.87. The van der Waals surface area contributed by atoms with E-state index in [9.17, 15) is 4.79 Å². The molecule has 2 amide bonds. The van der Waals surface area contributed by atoms with E-state index in [-0.39, 0.29) is 6.03 Å². The van der Waals surface area contributed by atoms with E-state index in [0.29, 0.717) is 31.0 Å². The topological polar surface area (TPSA) is 77.4 Å². The second-order valence-electron chi connectivity index (χ2n) is 6.18. The van der Waals surface area contributed by atoms with Gasteiger partial charge in [0, 0.05) is 24.6 Å². The zero-order valence-electron chi connectivity index (χ0n) is 16.0. The Labute approximate surface area is 164 Å². The van der Waals surface area contributed by atoms with Crippen molar-refractivity contribution in [3.05, 3.63) is 72.1 Å². The smallest absolute Gasteiger partial charge is 0.319 e. The van der Waals surface area contributed by atoms with Crippen LogP contribution in [-0.4, -0.2) is 36.6 Å².